The molecule has 1 unspecified atom stereocenters. The second-order valence-electron chi connectivity index (χ2n) is 5.24. The average Bonchev–Trinajstić information content (AvgIpc) is 2.53. The average molecular weight is 279 g/mol. The molecular formula is C19H21NO. The molecule has 0 bridgehead atoms. The van der Waals surface area contributed by atoms with E-state index in [2.05, 4.69) is 38.1 Å². The molecule has 1 atom stereocenters. The zero-order valence-electron chi connectivity index (χ0n) is 12.9. The van der Waals surface area contributed by atoms with Gasteiger partial charge in [0.2, 0.25) is 0 Å². The molecular weight excluding hydrogens is 258 g/mol. The van der Waals surface area contributed by atoms with Gasteiger partial charge in [-0.15, -0.1) is 0 Å². The smallest absolute Gasteiger partial charge is 0.122 e. The van der Waals surface area contributed by atoms with E-state index in [0.29, 0.717) is 6.42 Å². The van der Waals surface area contributed by atoms with Gasteiger partial charge in [0.1, 0.15) is 5.75 Å². The molecule has 0 aliphatic rings. The number of ether oxygens (including phenoxy) is 1. The lowest BCUT2D eigenvalue weighted by Gasteiger charge is -2.15. The number of methoxy groups -OCH3 is 1. The van der Waals surface area contributed by atoms with Crippen molar-refractivity contribution < 1.29 is 4.74 Å². The van der Waals surface area contributed by atoms with Gasteiger partial charge < -0.3 is 4.74 Å². The van der Waals surface area contributed by atoms with Gasteiger partial charge in [0.05, 0.1) is 19.1 Å². The maximum absolute atomic E-state index is 9.56. The Morgan fingerprint density at radius 1 is 1.19 bits per heavy atom. The van der Waals surface area contributed by atoms with Crippen LogP contribution in [-0.4, -0.2) is 7.11 Å². The third-order valence-corrected chi connectivity index (χ3v) is 3.90. The number of rotatable bonds is 5. The van der Waals surface area contributed by atoms with Gasteiger partial charge in [0, 0.05) is 0 Å². The Hall–Kier alpha value is -2.27. The quantitative estimate of drug-likeness (QED) is 0.812. The summed E-state index contributed by atoms with van der Waals surface area (Å²) < 4.78 is 5.45. The molecule has 0 aliphatic carbocycles. The molecule has 2 heteroatoms. The topological polar surface area (TPSA) is 33.0 Å². The maximum atomic E-state index is 9.56. The zero-order chi connectivity index (χ0) is 15.2. The minimum atomic E-state index is -0.146. The van der Waals surface area contributed by atoms with E-state index in [0.717, 1.165) is 28.9 Å². The fourth-order valence-corrected chi connectivity index (χ4v) is 2.63. The summed E-state index contributed by atoms with van der Waals surface area (Å²) in [7, 11) is 1.68. The summed E-state index contributed by atoms with van der Waals surface area (Å²) in [5.74, 6) is 0.716. The van der Waals surface area contributed by atoms with Crippen LogP contribution >= 0.6 is 0 Å². The van der Waals surface area contributed by atoms with Gasteiger partial charge in [0.25, 0.3) is 0 Å². The Bertz CT molecular complexity index is 655. The molecule has 108 valence electrons. The Morgan fingerprint density at radius 3 is 2.57 bits per heavy atom. The lowest BCUT2D eigenvalue weighted by atomic mass is 9.89. The summed E-state index contributed by atoms with van der Waals surface area (Å²) in [6.45, 7) is 4.19. The Balaban J connectivity index is 2.35. The largest absolute Gasteiger partial charge is 0.496 e. The third-order valence-electron chi connectivity index (χ3n) is 3.90. The molecule has 0 aliphatic heterocycles. The number of nitriles is 1. The summed E-state index contributed by atoms with van der Waals surface area (Å²) in [6.07, 6.45) is 1.66. The Labute approximate surface area is 127 Å². The first kappa shape index (κ1) is 15.1. The van der Waals surface area contributed by atoms with Crippen molar-refractivity contribution in [2.24, 2.45) is 0 Å². The molecule has 2 aromatic rings. The van der Waals surface area contributed by atoms with Crippen molar-refractivity contribution in [3.05, 3.63) is 64.7 Å². The highest BCUT2D eigenvalue weighted by Gasteiger charge is 2.16. The molecule has 0 saturated heterocycles. The predicted molar refractivity (Wildman–Crippen MR) is 85.6 cm³/mol. The standard InChI is InChI=1S/C19H21NO/c1-4-15-9-10-19(21-3)16(11-15)12-17(13-20)18-8-6-5-7-14(18)2/h5-11,17H,4,12H2,1-3H3. The lowest BCUT2D eigenvalue weighted by molar-refractivity contribution is 0.409. The highest BCUT2D eigenvalue weighted by atomic mass is 16.5. The highest BCUT2D eigenvalue weighted by Crippen LogP contribution is 2.28. The second kappa shape index (κ2) is 6.95. The van der Waals surface area contributed by atoms with E-state index in [-0.39, 0.29) is 5.92 Å². The van der Waals surface area contributed by atoms with Crippen LogP contribution in [0.5, 0.6) is 5.75 Å². The first-order valence-electron chi connectivity index (χ1n) is 7.30. The zero-order valence-corrected chi connectivity index (χ0v) is 12.9. The minimum absolute atomic E-state index is 0.146. The van der Waals surface area contributed by atoms with Gasteiger partial charge in [-0.25, -0.2) is 0 Å². The fraction of sp³-hybridized carbons (Fsp3) is 0.316. The van der Waals surface area contributed by atoms with Crippen LogP contribution in [0.25, 0.3) is 0 Å². The minimum Gasteiger partial charge on any atom is -0.496 e. The van der Waals surface area contributed by atoms with E-state index < -0.39 is 0 Å². The summed E-state index contributed by atoms with van der Waals surface area (Å²) in [5.41, 5.74) is 4.64. The molecule has 2 nitrogen and oxygen atoms in total. The number of benzene rings is 2. The maximum Gasteiger partial charge on any atom is 0.122 e. The van der Waals surface area contributed by atoms with Crippen molar-refractivity contribution in [1.82, 2.24) is 0 Å². The third kappa shape index (κ3) is 3.44. The molecule has 21 heavy (non-hydrogen) atoms. The normalized spacial score (nSPS) is 11.7. The van der Waals surface area contributed by atoms with E-state index in [4.69, 9.17) is 4.74 Å². The highest BCUT2D eigenvalue weighted by molar-refractivity contribution is 5.41. The lowest BCUT2D eigenvalue weighted by Crippen LogP contribution is -2.04. The van der Waals surface area contributed by atoms with Crippen molar-refractivity contribution >= 4 is 0 Å². The van der Waals surface area contributed by atoms with Crippen LogP contribution in [-0.2, 0) is 12.8 Å². The van der Waals surface area contributed by atoms with E-state index in [9.17, 15) is 5.26 Å². The molecule has 0 N–H and O–H groups in total. The molecule has 0 amide bonds. The molecule has 0 saturated carbocycles. The van der Waals surface area contributed by atoms with Crippen LogP contribution in [0.3, 0.4) is 0 Å². The molecule has 0 spiro atoms. The van der Waals surface area contributed by atoms with Crippen LogP contribution in [0.2, 0.25) is 0 Å². The summed E-state index contributed by atoms with van der Waals surface area (Å²) in [4.78, 5) is 0. The number of hydrogen-bond donors (Lipinski definition) is 0. The van der Waals surface area contributed by atoms with Gasteiger partial charge in [-0.05, 0) is 48.1 Å². The monoisotopic (exact) mass is 279 g/mol. The fourth-order valence-electron chi connectivity index (χ4n) is 2.63. The van der Waals surface area contributed by atoms with E-state index >= 15 is 0 Å². The van der Waals surface area contributed by atoms with Gasteiger partial charge in [-0.3, -0.25) is 0 Å². The van der Waals surface area contributed by atoms with Crippen LogP contribution < -0.4 is 4.74 Å². The molecule has 2 aromatic carbocycles. The van der Waals surface area contributed by atoms with Gasteiger partial charge >= 0.3 is 0 Å². The summed E-state index contributed by atoms with van der Waals surface area (Å²) in [6, 6.07) is 16.8. The first-order chi connectivity index (χ1) is 10.2. The van der Waals surface area contributed by atoms with Crippen molar-refractivity contribution in [3.63, 3.8) is 0 Å². The molecule has 0 fully saturated rings. The Kier molecular flexibility index (Phi) is 5.00. The first-order valence-corrected chi connectivity index (χ1v) is 7.30. The van der Waals surface area contributed by atoms with Gasteiger partial charge in [-0.1, -0.05) is 43.3 Å². The number of nitrogens with zero attached hydrogens (tertiary/aromatic N) is 1. The van der Waals surface area contributed by atoms with Crippen LogP contribution in [0.4, 0.5) is 0 Å². The van der Waals surface area contributed by atoms with Crippen molar-refractivity contribution in [2.45, 2.75) is 32.6 Å². The van der Waals surface area contributed by atoms with Crippen molar-refractivity contribution in [1.29, 1.82) is 5.26 Å². The molecule has 0 radical (unpaired) electrons. The Morgan fingerprint density at radius 2 is 1.95 bits per heavy atom. The summed E-state index contributed by atoms with van der Waals surface area (Å²) >= 11 is 0. The molecule has 0 aromatic heterocycles. The second-order valence-corrected chi connectivity index (χ2v) is 5.24. The van der Waals surface area contributed by atoms with E-state index in [1.54, 1.807) is 7.11 Å². The molecule has 0 heterocycles. The van der Waals surface area contributed by atoms with Gasteiger partial charge in [-0.2, -0.15) is 5.26 Å². The van der Waals surface area contributed by atoms with Crippen molar-refractivity contribution in [2.75, 3.05) is 7.11 Å². The van der Waals surface area contributed by atoms with Crippen LogP contribution in [0.15, 0.2) is 42.5 Å². The number of aryl methyl sites for hydroxylation is 2. The SMILES string of the molecule is CCc1ccc(OC)c(CC(C#N)c2ccccc2C)c1. The van der Waals surface area contributed by atoms with Crippen LogP contribution in [0, 0.1) is 18.3 Å². The van der Waals surface area contributed by atoms with Crippen LogP contribution in [0.1, 0.15) is 35.1 Å². The van der Waals surface area contributed by atoms with E-state index in [1.165, 1.54) is 5.56 Å². The van der Waals surface area contributed by atoms with E-state index in [1.807, 2.05) is 24.3 Å². The number of hydrogen-bond acceptors (Lipinski definition) is 2. The summed E-state index contributed by atoms with van der Waals surface area (Å²) in [5, 5.41) is 9.56. The van der Waals surface area contributed by atoms with Gasteiger partial charge in [0.15, 0.2) is 0 Å². The molecule has 2 rings (SSSR count). The van der Waals surface area contributed by atoms with Crippen molar-refractivity contribution in [3.8, 4) is 11.8 Å². The predicted octanol–water partition coefficient (Wildman–Crippen LogP) is 4.42.